The second-order valence-corrected chi connectivity index (χ2v) is 5.19. The summed E-state index contributed by atoms with van der Waals surface area (Å²) in [5, 5.41) is 3.21. The van der Waals surface area contributed by atoms with Gasteiger partial charge in [-0.2, -0.15) is 0 Å². The first-order valence-corrected chi connectivity index (χ1v) is 6.06. The molecule has 0 aliphatic carbocycles. The zero-order valence-corrected chi connectivity index (χ0v) is 10.6. The standard InChI is InChI=1S/C12H7ClIN/c13-7-1-3-11-9(5-7)10-6-8(14)2-4-12(10)15-11/h1-6,15H. The highest BCUT2D eigenvalue weighted by Gasteiger charge is 2.04. The van der Waals surface area contributed by atoms with Gasteiger partial charge in [0.05, 0.1) is 0 Å². The van der Waals surface area contributed by atoms with Gasteiger partial charge in [0.25, 0.3) is 0 Å². The molecule has 0 radical (unpaired) electrons. The zero-order chi connectivity index (χ0) is 10.4. The van der Waals surface area contributed by atoms with Gasteiger partial charge in [0.2, 0.25) is 0 Å². The molecule has 0 spiro atoms. The Balaban J connectivity index is 2.55. The molecular weight excluding hydrogens is 320 g/mol. The Kier molecular flexibility index (Phi) is 2.14. The Morgan fingerprint density at radius 2 is 1.60 bits per heavy atom. The van der Waals surface area contributed by atoms with Crippen LogP contribution in [0.2, 0.25) is 5.02 Å². The van der Waals surface area contributed by atoms with E-state index in [1.54, 1.807) is 0 Å². The van der Waals surface area contributed by atoms with Crippen LogP contribution in [0.1, 0.15) is 0 Å². The number of halogens is 2. The fraction of sp³-hybridized carbons (Fsp3) is 0. The molecule has 0 atom stereocenters. The van der Waals surface area contributed by atoms with Gasteiger partial charge >= 0.3 is 0 Å². The maximum Gasteiger partial charge on any atom is 0.0465 e. The van der Waals surface area contributed by atoms with Crippen LogP contribution in [-0.2, 0) is 0 Å². The molecule has 3 aromatic rings. The highest BCUT2D eigenvalue weighted by atomic mass is 127. The van der Waals surface area contributed by atoms with Crippen molar-refractivity contribution in [1.29, 1.82) is 0 Å². The molecule has 1 nitrogen and oxygen atoms in total. The topological polar surface area (TPSA) is 15.8 Å². The molecule has 74 valence electrons. The first-order chi connectivity index (χ1) is 7.24. The van der Waals surface area contributed by atoms with Crippen LogP contribution in [0.25, 0.3) is 21.8 Å². The van der Waals surface area contributed by atoms with Crippen LogP contribution in [-0.4, -0.2) is 4.98 Å². The van der Waals surface area contributed by atoms with Crippen LogP contribution < -0.4 is 0 Å². The van der Waals surface area contributed by atoms with Gasteiger partial charge in [0.15, 0.2) is 0 Å². The maximum absolute atomic E-state index is 6.00. The molecule has 1 heterocycles. The minimum Gasteiger partial charge on any atom is -0.355 e. The van der Waals surface area contributed by atoms with Gasteiger partial charge in [-0.25, -0.2) is 0 Å². The van der Waals surface area contributed by atoms with Gasteiger partial charge in [-0.15, -0.1) is 0 Å². The van der Waals surface area contributed by atoms with E-state index in [1.807, 2.05) is 18.2 Å². The Morgan fingerprint density at radius 1 is 0.933 bits per heavy atom. The molecule has 0 aliphatic rings. The van der Waals surface area contributed by atoms with Crippen molar-refractivity contribution in [3.05, 3.63) is 45.0 Å². The van der Waals surface area contributed by atoms with E-state index < -0.39 is 0 Å². The lowest BCUT2D eigenvalue weighted by Gasteiger charge is -1.93. The smallest absolute Gasteiger partial charge is 0.0465 e. The first-order valence-electron chi connectivity index (χ1n) is 4.60. The van der Waals surface area contributed by atoms with E-state index in [2.05, 4.69) is 45.8 Å². The summed E-state index contributed by atoms with van der Waals surface area (Å²) in [5.41, 5.74) is 2.30. The summed E-state index contributed by atoms with van der Waals surface area (Å²) in [6.45, 7) is 0. The molecule has 0 fully saturated rings. The zero-order valence-electron chi connectivity index (χ0n) is 7.72. The largest absolute Gasteiger partial charge is 0.355 e. The molecule has 3 heteroatoms. The van der Waals surface area contributed by atoms with Crippen molar-refractivity contribution in [1.82, 2.24) is 4.98 Å². The Bertz CT molecular complexity index is 601. The highest BCUT2D eigenvalue weighted by Crippen LogP contribution is 2.28. The minimum atomic E-state index is 0.780. The summed E-state index contributed by atoms with van der Waals surface area (Å²) in [6.07, 6.45) is 0. The number of aromatic amines is 1. The van der Waals surface area contributed by atoms with E-state index in [0.717, 1.165) is 16.1 Å². The van der Waals surface area contributed by atoms with Crippen molar-refractivity contribution >= 4 is 56.0 Å². The average molecular weight is 328 g/mol. The Morgan fingerprint density at radius 3 is 2.40 bits per heavy atom. The van der Waals surface area contributed by atoms with Gasteiger partial charge in [-0.05, 0) is 59.0 Å². The lowest BCUT2D eigenvalue weighted by atomic mass is 10.1. The van der Waals surface area contributed by atoms with Crippen LogP contribution in [0, 0.1) is 3.57 Å². The lowest BCUT2D eigenvalue weighted by Crippen LogP contribution is -1.70. The molecule has 0 saturated carbocycles. The van der Waals surface area contributed by atoms with Crippen LogP contribution in [0.5, 0.6) is 0 Å². The lowest BCUT2D eigenvalue weighted by molar-refractivity contribution is 1.54. The number of nitrogens with one attached hydrogen (secondary N) is 1. The fourth-order valence-electron chi connectivity index (χ4n) is 1.84. The second-order valence-electron chi connectivity index (χ2n) is 3.50. The van der Waals surface area contributed by atoms with Crippen molar-refractivity contribution in [2.24, 2.45) is 0 Å². The van der Waals surface area contributed by atoms with Gasteiger partial charge in [-0.1, -0.05) is 11.6 Å². The third-order valence-electron chi connectivity index (χ3n) is 2.52. The molecular formula is C12H7ClIN. The average Bonchev–Trinajstić information content (AvgIpc) is 2.56. The maximum atomic E-state index is 6.00. The monoisotopic (exact) mass is 327 g/mol. The van der Waals surface area contributed by atoms with Crippen molar-refractivity contribution in [2.45, 2.75) is 0 Å². The third kappa shape index (κ3) is 1.52. The predicted molar refractivity (Wildman–Crippen MR) is 73.5 cm³/mol. The molecule has 2 aromatic carbocycles. The number of benzene rings is 2. The summed E-state index contributed by atoms with van der Waals surface area (Å²) < 4.78 is 1.24. The van der Waals surface area contributed by atoms with Crippen molar-refractivity contribution < 1.29 is 0 Å². The van der Waals surface area contributed by atoms with E-state index in [-0.39, 0.29) is 0 Å². The predicted octanol–water partition coefficient (Wildman–Crippen LogP) is 4.58. The number of fused-ring (bicyclic) bond motifs is 3. The molecule has 1 aromatic heterocycles. The van der Waals surface area contributed by atoms with E-state index in [9.17, 15) is 0 Å². The van der Waals surface area contributed by atoms with Gasteiger partial charge in [0, 0.05) is 30.4 Å². The normalized spacial score (nSPS) is 11.3. The molecule has 1 N–H and O–H groups in total. The molecule has 15 heavy (non-hydrogen) atoms. The second kappa shape index (κ2) is 3.39. The summed E-state index contributed by atoms with van der Waals surface area (Å²) in [4.78, 5) is 3.37. The summed E-state index contributed by atoms with van der Waals surface area (Å²) in [7, 11) is 0. The van der Waals surface area contributed by atoms with E-state index in [4.69, 9.17) is 11.6 Å². The molecule has 0 bridgehead atoms. The van der Waals surface area contributed by atoms with Crippen molar-refractivity contribution in [3.8, 4) is 0 Å². The van der Waals surface area contributed by atoms with Crippen LogP contribution >= 0.6 is 34.2 Å². The van der Waals surface area contributed by atoms with Gasteiger partial charge < -0.3 is 4.98 Å². The third-order valence-corrected chi connectivity index (χ3v) is 3.43. The highest BCUT2D eigenvalue weighted by molar-refractivity contribution is 14.1. The molecule has 0 aliphatic heterocycles. The van der Waals surface area contributed by atoms with E-state index in [1.165, 1.54) is 14.3 Å². The van der Waals surface area contributed by atoms with E-state index >= 15 is 0 Å². The number of hydrogen-bond donors (Lipinski definition) is 1. The van der Waals surface area contributed by atoms with Crippen molar-refractivity contribution in [3.63, 3.8) is 0 Å². The van der Waals surface area contributed by atoms with Gasteiger partial charge in [0.1, 0.15) is 0 Å². The Hall–Kier alpha value is -0.740. The SMILES string of the molecule is Clc1ccc2[nH]c3ccc(I)cc3c2c1. The van der Waals surface area contributed by atoms with E-state index in [0.29, 0.717) is 0 Å². The summed E-state index contributed by atoms with van der Waals surface area (Å²) in [5.74, 6) is 0. The quantitative estimate of drug-likeness (QED) is 0.582. The van der Waals surface area contributed by atoms with Gasteiger partial charge in [-0.3, -0.25) is 0 Å². The molecule has 0 amide bonds. The van der Waals surface area contributed by atoms with Crippen LogP contribution in [0.15, 0.2) is 36.4 Å². The number of H-pyrrole nitrogens is 1. The number of rotatable bonds is 0. The fourth-order valence-corrected chi connectivity index (χ4v) is 2.51. The minimum absolute atomic E-state index is 0.780. The molecule has 0 saturated heterocycles. The summed E-state index contributed by atoms with van der Waals surface area (Å²) in [6, 6.07) is 12.3. The first kappa shape index (κ1) is 9.48. The number of hydrogen-bond acceptors (Lipinski definition) is 0. The van der Waals surface area contributed by atoms with Crippen molar-refractivity contribution in [2.75, 3.05) is 0 Å². The van der Waals surface area contributed by atoms with Crippen LogP contribution in [0.3, 0.4) is 0 Å². The number of aromatic nitrogens is 1. The molecule has 3 rings (SSSR count). The van der Waals surface area contributed by atoms with Crippen LogP contribution in [0.4, 0.5) is 0 Å². The molecule has 0 unspecified atom stereocenters. The Labute approximate surface area is 106 Å². The summed E-state index contributed by atoms with van der Waals surface area (Å²) >= 11 is 8.32.